The molecule has 0 aliphatic heterocycles. The van der Waals surface area contributed by atoms with Crippen LogP contribution in [0, 0.1) is 6.92 Å². The number of hydrogen-bond donors (Lipinski definition) is 1. The zero-order valence-electron chi connectivity index (χ0n) is 16.9. The quantitative estimate of drug-likeness (QED) is 0.360. The van der Waals surface area contributed by atoms with Gasteiger partial charge in [0.2, 0.25) is 11.9 Å². The van der Waals surface area contributed by atoms with Crippen LogP contribution in [0.3, 0.4) is 0 Å². The van der Waals surface area contributed by atoms with Crippen molar-refractivity contribution in [2.24, 2.45) is 0 Å². The first-order chi connectivity index (χ1) is 15.2. The Bertz CT molecular complexity index is 1270. The zero-order chi connectivity index (χ0) is 22.9. The van der Waals surface area contributed by atoms with Gasteiger partial charge in [0.15, 0.2) is 5.78 Å². The van der Waals surface area contributed by atoms with E-state index in [0.29, 0.717) is 16.2 Å². The van der Waals surface area contributed by atoms with Gasteiger partial charge in [0.25, 0.3) is 0 Å². The number of ketones is 1. The van der Waals surface area contributed by atoms with Crippen molar-refractivity contribution in [1.29, 1.82) is 0 Å². The smallest absolute Gasteiger partial charge is 0.416 e. The molecule has 32 heavy (non-hydrogen) atoms. The van der Waals surface area contributed by atoms with Crippen molar-refractivity contribution in [2.45, 2.75) is 32.5 Å². The lowest BCUT2D eigenvalue weighted by atomic mass is 10.2. The molecule has 1 aromatic carbocycles. The van der Waals surface area contributed by atoms with Gasteiger partial charge in [0, 0.05) is 17.7 Å². The highest BCUT2D eigenvalue weighted by atomic mass is 32.1. The zero-order valence-corrected chi connectivity index (χ0v) is 17.7. The Morgan fingerprint density at radius 3 is 2.62 bits per heavy atom. The van der Waals surface area contributed by atoms with Crippen molar-refractivity contribution in [3.63, 3.8) is 0 Å². The van der Waals surface area contributed by atoms with Gasteiger partial charge in [-0.1, -0.05) is 0 Å². The average molecular weight is 461 g/mol. The number of carbonyl (C=O) groups excluding carboxylic acids is 2. The molecule has 6 nitrogen and oxygen atoms in total. The Kier molecular flexibility index (Phi) is 5.88. The largest absolute Gasteiger partial charge is 0.467 e. The Hall–Kier alpha value is -3.40. The Labute approximate surface area is 184 Å². The van der Waals surface area contributed by atoms with E-state index in [-0.39, 0.29) is 36.6 Å². The molecule has 0 aliphatic carbocycles. The summed E-state index contributed by atoms with van der Waals surface area (Å²) in [4.78, 5) is 30.5. The third-order valence-electron chi connectivity index (χ3n) is 4.82. The van der Waals surface area contributed by atoms with Gasteiger partial charge in [0.05, 0.1) is 34.3 Å². The summed E-state index contributed by atoms with van der Waals surface area (Å²) >= 11 is 1.36. The van der Waals surface area contributed by atoms with Gasteiger partial charge in [-0.05, 0) is 49.4 Å². The van der Waals surface area contributed by atoms with Crippen molar-refractivity contribution >= 4 is 40.0 Å². The molecule has 1 N–H and O–H groups in total. The predicted molar refractivity (Wildman–Crippen MR) is 114 cm³/mol. The number of nitrogens with zero attached hydrogens (tertiary/aromatic N) is 2. The van der Waals surface area contributed by atoms with E-state index in [2.05, 4.69) is 10.3 Å². The highest BCUT2D eigenvalue weighted by Gasteiger charge is 2.31. The van der Waals surface area contributed by atoms with E-state index in [9.17, 15) is 22.8 Å². The number of alkyl halides is 3. The number of furan rings is 1. The van der Waals surface area contributed by atoms with Crippen molar-refractivity contribution in [1.82, 2.24) is 9.55 Å². The predicted octanol–water partition coefficient (Wildman–Crippen LogP) is 5.67. The minimum atomic E-state index is -4.51. The van der Waals surface area contributed by atoms with Gasteiger partial charge >= 0.3 is 6.18 Å². The second kappa shape index (κ2) is 8.62. The molecule has 0 saturated heterocycles. The third kappa shape index (κ3) is 4.75. The molecule has 0 aliphatic rings. The highest BCUT2D eigenvalue weighted by Crippen LogP contribution is 2.32. The van der Waals surface area contributed by atoms with Gasteiger partial charge in [-0.3, -0.25) is 14.9 Å². The van der Waals surface area contributed by atoms with E-state index in [0.717, 1.165) is 17.0 Å². The lowest BCUT2D eigenvalue weighted by Gasteiger charge is -2.09. The number of benzene rings is 1. The lowest BCUT2D eigenvalue weighted by molar-refractivity contribution is -0.137. The molecule has 4 aromatic rings. The lowest BCUT2D eigenvalue weighted by Crippen LogP contribution is -2.17. The molecule has 3 aromatic heterocycles. The van der Waals surface area contributed by atoms with Gasteiger partial charge in [-0.25, -0.2) is 4.98 Å². The fraction of sp³-hybridized carbons (Fsp3) is 0.227. The van der Waals surface area contributed by atoms with Crippen LogP contribution in [-0.2, 0) is 17.5 Å². The van der Waals surface area contributed by atoms with E-state index in [1.165, 1.54) is 23.7 Å². The third-order valence-corrected chi connectivity index (χ3v) is 5.86. The normalized spacial score (nSPS) is 11.8. The molecule has 0 fully saturated rings. The number of aromatic nitrogens is 2. The van der Waals surface area contributed by atoms with Crippen LogP contribution in [0.25, 0.3) is 11.0 Å². The van der Waals surface area contributed by atoms with E-state index in [4.69, 9.17) is 4.42 Å². The molecule has 0 spiro atoms. The van der Waals surface area contributed by atoms with E-state index in [1.807, 2.05) is 13.0 Å². The van der Waals surface area contributed by atoms with Crippen LogP contribution in [0.15, 0.2) is 53.1 Å². The molecule has 166 valence electrons. The first kappa shape index (κ1) is 21.8. The number of rotatable bonds is 7. The minimum Gasteiger partial charge on any atom is -0.467 e. The van der Waals surface area contributed by atoms with Crippen LogP contribution in [0.5, 0.6) is 0 Å². The molecule has 3 heterocycles. The van der Waals surface area contributed by atoms with Crippen LogP contribution >= 0.6 is 11.3 Å². The monoisotopic (exact) mass is 461 g/mol. The number of aryl methyl sites for hydroxylation is 1. The Morgan fingerprint density at radius 2 is 1.97 bits per heavy atom. The summed E-state index contributed by atoms with van der Waals surface area (Å²) < 4.78 is 46.2. The minimum absolute atomic E-state index is 0.0163. The second-order valence-electron chi connectivity index (χ2n) is 7.18. The molecule has 4 rings (SSSR count). The van der Waals surface area contributed by atoms with E-state index < -0.39 is 17.6 Å². The molecule has 10 heteroatoms. The fourth-order valence-corrected chi connectivity index (χ4v) is 4.08. The fourth-order valence-electron chi connectivity index (χ4n) is 3.24. The molecule has 1 amide bonds. The van der Waals surface area contributed by atoms with Crippen molar-refractivity contribution < 1.29 is 27.2 Å². The maximum Gasteiger partial charge on any atom is 0.416 e. The molecule has 0 bridgehead atoms. The number of halogens is 3. The molecule has 0 radical (unpaired) electrons. The van der Waals surface area contributed by atoms with Crippen LogP contribution in [0.4, 0.5) is 19.1 Å². The van der Waals surface area contributed by atoms with Crippen molar-refractivity contribution in [2.75, 3.05) is 5.32 Å². The second-order valence-corrected chi connectivity index (χ2v) is 8.47. The van der Waals surface area contributed by atoms with Crippen LogP contribution in [0.1, 0.15) is 38.7 Å². The van der Waals surface area contributed by atoms with Crippen molar-refractivity contribution in [3.05, 3.63) is 69.8 Å². The number of hydrogen-bond acceptors (Lipinski definition) is 5. The number of fused-ring (bicyclic) bond motifs is 1. The van der Waals surface area contributed by atoms with Crippen LogP contribution in [-0.4, -0.2) is 21.2 Å². The summed E-state index contributed by atoms with van der Waals surface area (Å²) in [5.41, 5.74) is -0.330. The molecule has 0 unspecified atom stereocenters. The number of nitrogens with one attached hydrogen (secondary N) is 1. The topological polar surface area (TPSA) is 77.1 Å². The SMILES string of the molecule is Cc1ccc(C(=O)CCC(=O)Nc2nc3cc(C(F)(F)F)ccc3n2Cc2ccco2)s1. The highest BCUT2D eigenvalue weighted by molar-refractivity contribution is 7.14. The number of imidazole rings is 1. The van der Waals surface area contributed by atoms with E-state index in [1.54, 1.807) is 22.8 Å². The van der Waals surface area contributed by atoms with Crippen LogP contribution in [0.2, 0.25) is 0 Å². The average Bonchev–Trinajstić information content (AvgIpc) is 3.47. The summed E-state index contributed by atoms with van der Waals surface area (Å²) in [5.74, 6) is 0.0268. The summed E-state index contributed by atoms with van der Waals surface area (Å²) in [5, 5.41) is 2.62. The first-order valence-corrected chi connectivity index (χ1v) is 10.5. The van der Waals surface area contributed by atoms with Crippen LogP contribution < -0.4 is 5.32 Å². The first-order valence-electron chi connectivity index (χ1n) is 9.70. The summed E-state index contributed by atoms with van der Waals surface area (Å²) in [6, 6.07) is 10.2. The van der Waals surface area contributed by atoms with Gasteiger partial charge in [-0.2, -0.15) is 13.2 Å². The standard InChI is InChI=1S/C22H18F3N3O3S/c1-13-4-8-19(32-13)18(29)7-9-20(30)27-21-26-16-11-14(22(23,24)25)5-6-17(16)28(21)12-15-3-2-10-31-15/h2-6,8,10-11H,7,9,12H2,1H3,(H,26,27,30). The Balaban J connectivity index is 1.56. The van der Waals surface area contributed by atoms with Gasteiger partial charge in [-0.15, -0.1) is 11.3 Å². The Morgan fingerprint density at radius 1 is 1.16 bits per heavy atom. The number of Topliss-reactive ketones (excluding diaryl/α,β-unsaturated/α-hetero) is 1. The summed E-state index contributed by atoms with van der Waals surface area (Å²) in [6.07, 6.45) is -3.09. The number of amides is 1. The molecule has 0 atom stereocenters. The number of thiophene rings is 1. The molecular formula is C22H18F3N3O3S. The maximum atomic E-state index is 13.1. The number of anilines is 1. The van der Waals surface area contributed by atoms with Gasteiger partial charge < -0.3 is 8.98 Å². The maximum absolute atomic E-state index is 13.1. The molecule has 0 saturated carbocycles. The van der Waals surface area contributed by atoms with Gasteiger partial charge in [0.1, 0.15) is 5.76 Å². The summed E-state index contributed by atoms with van der Waals surface area (Å²) in [6.45, 7) is 2.06. The molecular weight excluding hydrogens is 443 g/mol. The van der Waals surface area contributed by atoms with E-state index >= 15 is 0 Å². The number of carbonyl (C=O) groups is 2. The van der Waals surface area contributed by atoms with Crippen molar-refractivity contribution in [3.8, 4) is 0 Å². The summed E-state index contributed by atoms with van der Waals surface area (Å²) in [7, 11) is 0.